The zero-order valence-electron chi connectivity index (χ0n) is 14.0. The Balaban J connectivity index is 3.30. The molecule has 11 heteroatoms. The van der Waals surface area contributed by atoms with Crippen LogP contribution in [-0.2, 0) is 19.1 Å². The first-order chi connectivity index (χ1) is 11.7. The quantitative estimate of drug-likeness (QED) is 0.153. The van der Waals surface area contributed by atoms with Crippen LogP contribution in [0.25, 0.3) is 0 Å². The van der Waals surface area contributed by atoms with Gasteiger partial charge in [0.2, 0.25) is 11.7 Å². The molecule has 0 aromatic heterocycles. The Labute approximate surface area is 144 Å². The number of amides is 1. The summed E-state index contributed by atoms with van der Waals surface area (Å²) in [6, 6.07) is -1.97. The van der Waals surface area contributed by atoms with Gasteiger partial charge in [0.05, 0.1) is 25.3 Å². The van der Waals surface area contributed by atoms with Gasteiger partial charge in [0, 0.05) is 6.92 Å². The van der Waals surface area contributed by atoms with Crippen LogP contribution in [0, 0.1) is 0 Å². The first-order valence-corrected chi connectivity index (χ1v) is 7.59. The van der Waals surface area contributed by atoms with E-state index in [1.54, 1.807) is 6.92 Å². The van der Waals surface area contributed by atoms with Crippen LogP contribution in [0.1, 0.15) is 13.8 Å². The fraction of sp³-hybridized carbons (Fsp3) is 0.643. The minimum atomic E-state index is -1.64. The van der Waals surface area contributed by atoms with Gasteiger partial charge in [0.25, 0.3) is 0 Å². The third kappa shape index (κ3) is 5.59. The number of aliphatic hydroxyl groups excluding tert-OH is 3. The lowest BCUT2D eigenvalue weighted by atomic mass is 9.92. The van der Waals surface area contributed by atoms with E-state index in [4.69, 9.17) is 26.0 Å². The van der Waals surface area contributed by atoms with Gasteiger partial charge in [0.15, 0.2) is 5.96 Å². The van der Waals surface area contributed by atoms with Gasteiger partial charge in [0.1, 0.15) is 18.3 Å². The molecule has 0 fully saturated rings. The van der Waals surface area contributed by atoms with Crippen molar-refractivity contribution in [3.05, 3.63) is 11.8 Å². The summed E-state index contributed by atoms with van der Waals surface area (Å²) in [5.41, 5.74) is 10.8. The summed E-state index contributed by atoms with van der Waals surface area (Å²) >= 11 is 0. The molecule has 0 unspecified atom stereocenters. The van der Waals surface area contributed by atoms with E-state index in [0.717, 1.165) is 0 Å². The number of aliphatic imine (C=N–C) groups is 1. The minimum absolute atomic E-state index is 0.0775. The van der Waals surface area contributed by atoms with E-state index in [1.165, 1.54) is 13.0 Å². The van der Waals surface area contributed by atoms with Gasteiger partial charge in [-0.2, -0.15) is 0 Å². The van der Waals surface area contributed by atoms with Crippen LogP contribution >= 0.6 is 0 Å². The van der Waals surface area contributed by atoms with Crippen molar-refractivity contribution in [1.29, 1.82) is 0 Å². The molecule has 1 aliphatic rings. The highest BCUT2D eigenvalue weighted by molar-refractivity contribution is 5.87. The number of nitrogens with one attached hydrogen (secondary N) is 1. The molecule has 11 nitrogen and oxygen atoms in total. The lowest BCUT2D eigenvalue weighted by Gasteiger charge is -2.38. The van der Waals surface area contributed by atoms with Crippen LogP contribution in [-0.4, -0.2) is 76.8 Å². The Hall–Kier alpha value is -2.37. The van der Waals surface area contributed by atoms with Crippen molar-refractivity contribution in [3.8, 4) is 0 Å². The summed E-state index contributed by atoms with van der Waals surface area (Å²) in [7, 11) is 0. The van der Waals surface area contributed by atoms with Gasteiger partial charge in [-0.1, -0.05) is 0 Å². The third-order valence-electron chi connectivity index (χ3n) is 3.37. The molecular formula is C14H24N4O7. The molecule has 0 aromatic rings. The molecule has 0 aliphatic carbocycles. The molecule has 0 aromatic carbocycles. The largest absolute Gasteiger partial charge is 0.478 e. The van der Waals surface area contributed by atoms with Crippen molar-refractivity contribution in [2.75, 3.05) is 13.2 Å². The number of nitrogens with two attached hydrogens (primary N) is 2. The molecule has 1 heterocycles. The van der Waals surface area contributed by atoms with E-state index in [0.29, 0.717) is 0 Å². The normalized spacial score (nSPS) is 25.0. The first kappa shape index (κ1) is 20.7. The zero-order valence-corrected chi connectivity index (χ0v) is 14.0. The molecule has 1 amide bonds. The molecule has 0 bridgehead atoms. The van der Waals surface area contributed by atoms with Gasteiger partial charge in [-0.25, -0.2) is 9.79 Å². The molecular weight excluding hydrogens is 336 g/mol. The van der Waals surface area contributed by atoms with Gasteiger partial charge in [-0.15, -0.1) is 0 Å². The van der Waals surface area contributed by atoms with Crippen molar-refractivity contribution in [1.82, 2.24) is 5.32 Å². The van der Waals surface area contributed by atoms with Crippen LogP contribution in [0.4, 0.5) is 0 Å². The molecule has 0 radical (unpaired) electrons. The highest BCUT2D eigenvalue weighted by Gasteiger charge is 2.43. The summed E-state index contributed by atoms with van der Waals surface area (Å²) < 4.78 is 10.3. The van der Waals surface area contributed by atoms with Crippen molar-refractivity contribution < 1.29 is 34.4 Å². The highest BCUT2D eigenvalue weighted by Crippen LogP contribution is 2.25. The number of aliphatic hydroxyl groups is 3. The van der Waals surface area contributed by atoms with Gasteiger partial charge < -0.3 is 41.6 Å². The maximum atomic E-state index is 12.0. The summed E-state index contributed by atoms with van der Waals surface area (Å²) in [5, 5.41) is 31.5. The van der Waals surface area contributed by atoms with Crippen molar-refractivity contribution in [2.24, 2.45) is 16.5 Å². The summed E-state index contributed by atoms with van der Waals surface area (Å²) in [5.74, 6) is -1.91. The van der Waals surface area contributed by atoms with Crippen LogP contribution in [0.5, 0.6) is 0 Å². The molecule has 1 aliphatic heterocycles. The maximum Gasteiger partial charge on any atom is 0.373 e. The summed E-state index contributed by atoms with van der Waals surface area (Å²) in [4.78, 5) is 27.4. The lowest BCUT2D eigenvalue weighted by Crippen LogP contribution is -2.59. The fourth-order valence-corrected chi connectivity index (χ4v) is 2.33. The van der Waals surface area contributed by atoms with Crippen LogP contribution in [0.15, 0.2) is 16.8 Å². The molecule has 1 rings (SSSR count). The summed E-state index contributed by atoms with van der Waals surface area (Å²) in [6.07, 6.45) is -3.30. The fourth-order valence-electron chi connectivity index (χ4n) is 2.33. The second-order valence-corrected chi connectivity index (χ2v) is 5.35. The monoisotopic (exact) mass is 360 g/mol. The zero-order chi connectivity index (χ0) is 19.1. The number of carbonyl (C=O) groups excluding carboxylic acids is 2. The van der Waals surface area contributed by atoms with E-state index in [1.807, 2.05) is 0 Å². The van der Waals surface area contributed by atoms with Crippen LogP contribution < -0.4 is 16.8 Å². The Morgan fingerprint density at radius 1 is 1.44 bits per heavy atom. The molecule has 0 spiro atoms. The number of hydrogen-bond acceptors (Lipinski definition) is 8. The number of nitrogens with zero attached hydrogens (tertiary/aromatic N) is 1. The smallest absolute Gasteiger partial charge is 0.373 e. The van der Waals surface area contributed by atoms with Crippen molar-refractivity contribution in [2.45, 2.75) is 44.2 Å². The maximum absolute atomic E-state index is 12.0. The molecule has 5 atom stereocenters. The first-order valence-electron chi connectivity index (χ1n) is 7.59. The van der Waals surface area contributed by atoms with Gasteiger partial charge in [-0.3, -0.25) is 4.79 Å². The molecule has 142 valence electrons. The van der Waals surface area contributed by atoms with Gasteiger partial charge >= 0.3 is 5.97 Å². The topological polar surface area (TPSA) is 190 Å². The predicted octanol–water partition coefficient (Wildman–Crippen LogP) is -3.31. The van der Waals surface area contributed by atoms with E-state index in [2.05, 4.69) is 10.3 Å². The Morgan fingerprint density at radius 3 is 2.56 bits per heavy atom. The number of hydrogen-bond donors (Lipinski definition) is 6. The summed E-state index contributed by atoms with van der Waals surface area (Å²) in [6.45, 7) is 2.13. The minimum Gasteiger partial charge on any atom is -0.478 e. The van der Waals surface area contributed by atoms with Crippen LogP contribution in [0.2, 0.25) is 0 Å². The second-order valence-electron chi connectivity index (χ2n) is 5.35. The lowest BCUT2D eigenvalue weighted by molar-refractivity contribution is -0.150. The second kappa shape index (κ2) is 9.20. The van der Waals surface area contributed by atoms with E-state index >= 15 is 0 Å². The SMILES string of the molecule is CCOC(=O)C1=C[C@H](N=C(N)N)[C@@H](NC(C)=O)[C@H]([C@H](O)[C@H](O)CO)O1. The van der Waals surface area contributed by atoms with Crippen molar-refractivity contribution in [3.63, 3.8) is 0 Å². The number of esters is 1. The van der Waals surface area contributed by atoms with Crippen LogP contribution in [0.3, 0.4) is 0 Å². The van der Waals surface area contributed by atoms with E-state index in [-0.39, 0.29) is 18.3 Å². The van der Waals surface area contributed by atoms with Crippen molar-refractivity contribution >= 4 is 17.8 Å². The number of ether oxygens (including phenoxy) is 2. The molecule has 0 saturated heterocycles. The van der Waals surface area contributed by atoms with E-state index < -0.39 is 48.9 Å². The third-order valence-corrected chi connectivity index (χ3v) is 3.37. The number of carbonyl (C=O) groups is 2. The number of rotatable bonds is 7. The molecule has 0 saturated carbocycles. The Bertz CT molecular complexity index is 547. The Morgan fingerprint density at radius 2 is 2.08 bits per heavy atom. The average Bonchev–Trinajstić information content (AvgIpc) is 2.54. The standard InChI is InChI=1S/C14H24N4O7/c1-3-24-13(23)9-4-7(18-14(15)16)10(17-6(2)20)12(25-9)11(22)8(21)5-19/h4,7-8,10-12,19,21-22H,3,5H2,1-2H3,(H,17,20)(H4,15,16,18)/t7-,8+,10+,11+,12+/m0/s1. The number of guanidine groups is 1. The Kier molecular flexibility index (Phi) is 7.61. The molecule has 8 N–H and O–H groups in total. The average molecular weight is 360 g/mol. The van der Waals surface area contributed by atoms with Gasteiger partial charge in [-0.05, 0) is 13.0 Å². The molecule has 25 heavy (non-hydrogen) atoms. The highest BCUT2D eigenvalue weighted by atomic mass is 16.6. The van der Waals surface area contributed by atoms with E-state index in [9.17, 15) is 19.8 Å². The predicted molar refractivity (Wildman–Crippen MR) is 85.9 cm³/mol.